The van der Waals surface area contributed by atoms with Crippen LogP contribution in [-0.2, 0) is 6.54 Å². The van der Waals surface area contributed by atoms with E-state index >= 15 is 0 Å². The monoisotopic (exact) mass is 270 g/mol. The quantitative estimate of drug-likeness (QED) is 0.673. The third-order valence-electron chi connectivity index (χ3n) is 3.30. The van der Waals surface area contributed by atoms with E-state index in [0.29, 0.717) is 6.54 Å². The first-order valence-electron chi connectivity index (χ1n) is 5.89. The second-order valence-electron chi connectivity index (χ2n) is 4.49. The van der Waals surface area contributed by atoms with Crippen molar-refractivity contribution in [3.8, 4) is 0 Å². The first-order valence-corrected chi connectivity index (χ1v) is 6.27. The highest BCUT2D eigenvalue weighted by molar-refractivity contribution is 6.32. The van der Waals surface area contributed by atoms with E-state index in [9.17, 15) is 15.2 Å². The van der Waals surface area contributed by atoms with Crippen LogP contribution < -0.4 is 0 Å². The van der Waals surface area contributed by atoms with Gasteiger partial charge < -0.3 is 5.11 Å². The molecular weight excluding hydrogens is 256 g/mol. The van der Waals surface area contributed by atoms with Crippen molar-refractivity contribution in [1.82, 2.24) is 4.90 Å². The van der Waals surface area contributed by atoms with Crippen molar-refractivity contribution in [2.24, 2.45) is 0 Å². The van der Waals surface area contributed by atoms with Gasteiger partial charge in [0.05, 0.1) is 11.5 Å². The maximum absolute atomic E-state index is 10.8. The number of benzene rings is 1. The molecule has 1 aromatic carbocycles. The summed E-state index contributed by atoms with van der Waals surface area (Å²) in [6.07, 6.45) is 2.03. The number of hydrogen-bond acceptors (Lipinski definition) is 4. The predicted molar refractivity (Wildman–Crippen MR) is 68.6 cm³/mol. The molecule has 0 aromatic heterocycles. The molecule has 0 saturated carbocycles. The van der Waals surface area contributed by atoms with Crippen molar-refractivity contribution in [3.05, 3.63) is 38.9 Å². The molecule has 0 aliphatic carbocycles. The molecule has 2 rings (SSSR count). The smallest absolute Gasteiger partial charge is 0.288 e. The van der Waals surface area contributed by atoms with Crippen molar-refractivity contribution in [2.75, 3.05) is 13.2 Å². The maximum Gasteiger partial charge on any atom is 0.288 e. The Morgan fingerprint density at radius 2 is 2.33 bits per heavy atom. The van der Waals surface area contributed by atoms with E-state index in [0.717, 1.165) is 24.9 Å². The number of aliphatic hydroxyl groups excluding tert-OH is 1. The highest BCUT2D eigenvalue weighted by Gasteiger charge is 2.24. The van der Waals surface area contributed by atoms with E-state index in [4.69, 9.17) is 11.6 Å². The Kier molecular flexibility index (Phi) is 4.16. The molecule has 1 N–H and O–H groups in total. The Morgan fingerprint density at radius 3 is 3.00 bits per heavy atom. The number of nitro groups is 1. The topological polar surface area (TPSA) is 66.6 Å². The third-order valence-corrected chi connectivity index (χ3v) is 3.62. The van der Waals surface area contributed by atoms with Crippen molar-refractivity contribution in [2.45, 2.75) is 25.4 Å². The van der Waals surface area contributed by atoms with Crippen LogP contribution in [0.5, 0.6) is 0 Å². The molecule has 0 amide bonds. The second-order valence-corrected chi connectivity index (χ2v) is 4.90. The molecule has 1 atom stereocenters. The molecule has 0 radical (unpaired) electrons. The van der Waals surface area contributed by atoms with Gasteiger partial charge in [-0.05, 0) is 31.0 Å². The van der Waals surface area contributed by atoms with Gasteiger partial charge in [0.15, 0.2) is 0 Å². The van der Waals surface area contributed by atoms with E-state index in [1.807, 2.05) is 0 Å². The molecule has 6 heteroatoms. The summed E-state index contributed by atoms with van der Waals surface area (Å²) < 4.78 is 0. The van der Waals surface area contributed by atoms with Gasteiger partial charge in [-0.25, -0.2) is 0 Å². The third kappa shape index (κ3) is 2.80. The molecule has 0 bridgehead atoms. The SMILES string of the molecule is O=[N+]([O-])c1cc(CN2CCC[C@H]2CO)ccc1Cl. The van der Waals surface area contributed by atoms with Crippen LogP contribution >= 0.6 is 11.6 Å². The summed E-state index contributed by atoms with van der Waals surface area (Å²) >= 11 is 5.77. The minimum atomic E-state index is -0.473. The van der Waals surface area contributed by atoms with Gasteiger partial charge in [0, 0.05) is 18.7 Å². The van der Waals surface area contributed by atoms with Gasteiger partial charge in [0.2, 0.25) is 0 Å². The van der Waals surface area contributed by atoms with E-state index in [2.05, 4.69) is 4.90 Å². The number of nitrogens with zero attached hydrogens (tertiary/aromatic N) is 2. The van der Waals surface area contributed by atoms with Crippen molar-refractivity contribution < 1.29 is 10.0 Å². The van der Waals surface area contributed by atoms with Crippen molar-refractivity contribution >= 4 is 17.3 Å². The average Bonchev–Trinajstić information content (AvgIpc) is 2.78. The standard InChI is InChI=1S/C12H15ClN2O3/c13-11-4-3-9(6-12(11)15(17)18)7-14-5-1-2-10(14)8-16/h3-4,6,10,16H,1-2,5,7-8H2/t10-/m0/s1. The van der Waals surface area contributed by atoms with Crippen LogP contribution in [0.3, 0.4) is 0 Å². The zero-order chi connectivity index (χ0) is 13.1. The zero-order valence-electron chi connectivity index (χ0n) is 9.88. The number of rotatable bonds is 4. The fourth-order valence-electron chi connectivity index (χ4n) is 2.34. The molecule has 1 saturated heterocycles. The summed E-state index contributed by atoms with van der Waals surface area (Å²) in [5, 5.41) is 20.2. The molecule has 1 heterocycles. The molecule has 18 heavy (non-hydrogen) atoms. The van der Waals surface area contributed by atoms with E-state index in [1.54, 1.807) is 12.1 Å². The molecule has 1 aromatic rings. The molecule has 98 valence electrons. The molecule has 0 spiro atoms. The minimum absolute atomic E-state index is 0.0612. The molecule has 1 aliphatic rings. The lowest BCUT2D eigenvalue weighted by Gasteiger charge is -2.22. The van der Waals surface area contributed by atoms with Crippen LogP contribution in [0.15, 0.2) is 18.2 Å². The van der Waals surface area contributed by atoms with Crippen LogP contribution in [0.2, 0.25) is 5.02 Å². The molecule has 1 fully saturated rings. The summed E-state index contributed by atoms with van der Waals surface area (Å²) in [6.45, 7) is 1.67. The Bertz CT molecular complexity index is 453. The predicted octanol–water partition coefficient (Wildman–Crippen LogP) is 2.20. The Labute approximate surface area is 110 Å². The summed E-state index contributed by atoms with van der Waals surface area (Å²) in [7, 11) is 0. The first-order chi connectivity index (χ1) is 8.61. The Morgan fingerprint density at radius 1 is 1.56 bits per heavy atom. The summed E-state index contributed by atoms with van der Waals surface area (Å²) in [5.41, 5.74) is 0.792. The van der Waals surface area contributed by atoms with Crippen LogP contribution in [0.1, 0.15) is 18.4 Å². The number of halogens is 1. The van der Waals surface area contributed by atoms with Gasteiger partial charge in [-0.15, -0.1) is 0 Å². The fourth-order valence-corrected chi connectivity index (χ4v) is 2.53. The van der Waals surface area contributed by atoms with Gasteiger partial charge in [0.1, 0.15) is 5.02 Å². The number of likely N-dealkylation sites (tertiary alicyclic amines) is 1. The largest absolute Gasteiger partial charge is 0.395 e. The van der Waals surface area contributed by atoms with E-state index < -0.39 is 4.92 Å². The second kappa shape index (κ2) is 5.65. The van der Waals surface area contributed by atoms with Gasteiger partial charge >= 0.3 is 0 Å². The lowest BCUT2D eigenvalue weighted by Crippen LogP contribution is -2.31. The normalized spacial score (nSPS) is 20.2. The molecule has 0 unspecified atom stereocenters. The summed E-state index contributed by atoms with van der Waals surface area (Å²) in [4.78, 5) is 12.5. The van der Waals surface area contributed by atoms with Crippen LogP contribution in [-0.4, -0.2) is 34.1 Å². The van der Waals surface area contributed by atoms with Crippen molar-refractivity contribution in [1.29, 1.82) is 0 Å². The minimum Gasteiger partial charge on any atom is -0.395 e. The van der Waals surface area contributed by atoms with E-state index in [1.165, 1.54) is 6.07 Å². The van der Waals surface area contributed by atoms with Gasteiger partial charge in [-0.2, -0.15) is 0 Å². The molecule has 1 aliphatic heterocycles. The number of aliphatic hydroxyl groups is 1. The first kappa shape index (κ1) is 13.3. The van der Waals surface area contributed by atoms with E-state index in [-0.39, 0.29) is 23.4 Å². The summed E-state index contributed by atoms with van der Waals surface area (Å²) in [6, 6.07) is 5.02. The Balaban J connectivity index is 2.14. The number of hydrogen-bond donors (Lipinski definition) is 1. The highest BCUT2D eigenvalue weighted by atomic mass is 35.5. The average molecular weight is 271 g/mol. The Hall–Kier alpha value is -1.17. The highest BCUT2D eigenvalue weighted by Crippen LogP contribution is 2.27. The van der Waals surface area contributed by atoms with Gasteiger partial charge in [-0.3, -0.25) is 15.0 Å². The lowest BCUT2D eigenvalue weighted by molar-refractivity contribution is -0.384. The van der Waals surface area contributed by atoms with Crippen molar-refractivity contribution in [3.63, 3.8) is 0 Å². The maximum atomic E-state index is 10.8. The van der Waals surface area contributed by atoms with Gasteiger partial charge in [0.25, 0.3) is 5.69 Å². The fraction of sp³-hybridized carbons (Fsp3) is 0.500. The molecule has 5 nitrogen and oxygen atoms in total. The lowest BCUT2D eigenvalue weighted by atomic mass is 10.1. The number of nitro benzene ring substituents is 1. The van der Waals surface area contributed by atoms with Crippen LogP contribution in [0.4, 0.5) is 5.69 Å². The zero-order valence-corrected chi connectivity index (χ0v) is 10.6. The van der Waals surface area contributed by atoms with Crippen LogP contribution in [0, 0.1) is 10.1 Å². The van der Waals surface area contributed by atoms with Gasteiger partial charge in [-0.1, -0.05) is 17.7 Å². The molecular formula is C12H15ClN2O3. The summed E-state index contributed by atoms with van der Waals surface area (Å²) in [5.74, 6) is 0. The van der Waals surface area contributed by atoms with Crippen LogP contribution in [0.25, 0.3) is 0 Å².